The number of halogens is 1. The Morgan fingerprint density at radius 2 is 2.11 bits per heavy atom. The second-order valence-electron chi connectivity index (χ2n) is 4.86. The lowest BCUT2D eigenvalue weighted by atomic mass is 10.1. The molecule has 0 aliphatic carbocycles. The minimum atomic E-state index is -0.298. The van der Waals surface area contributed by atoms with E-state index in [9.17, 15) is 4.39 Å². The van der Waals surface area contributed by atoms with Gasteiger partial charge < -0.3 is 4.90 Å². The van der Waals surface area contributed by atoms with E-state index in [1.165, 1.54) is 11.9 Å². The number of aromatic nitrogens is 2. The van der Waals surface area contributed by atoms with E-state index in [1.807, 2.05) is 30.0 Å². The van der Waals surface area contributed by atoms with E-state index in [-0.39, 0.29) is 11.9 Å². The minimum absolute atomic E-state index is 0.214. The SMILES string of the molecule is CCc1ncnc(N2c3ccccc3CC2C)c1F. The molecular weight excluding hydrogens is 241 g/mol. The summed E-state index contributed by atoms with van der Waals surface area (Å²) in [5, 5.41) is 0. The number of anilines is 2. The Morgan fingerprint density at radius 3 is 2.89 bits per heavy atom. The second kappa shape index (κ2) is 4.61. The second-order valence-corrected chi connectivity index (χ2v) is 4.86. The van der Waals surface area contributed by atoms with Crippen molar-refractivity contribution < 1.29 is 4.39 Å². The number of nitrogens with zero attached hydrogens (tertiary/aromatic N) is 3. The molecule has 19 heavy (non-hydrogen) atoms. The third-order valence-electron chi connectivity index (χ3n) is 3.61. The maximum Gasteiger partial charge on any atom is 0.187 e. The summed E-state index contributed by atoms with van der Waals surface area (Å²) < 4.78 is 14.4. The zero-order valence-corrected chi connectivity index (χ0v) is 11.1. The molecule has 2 aromatic rings. The van der Waals surface area contributed by atoms with Gasteiger partial charge in [-0.25, -0.2) is 14.4 Å². The molecule has 0 fully saturated rings. The first kappa shape index (κ1) is 12.1. The lowest BCUT2D eigenvalue weighted by molar-refractivity contribution is 0.584. The van der Waals surface area contributed by atoms with E-state index in [4.69, 9.17) is 0 Å². The first-order valence-electron chi connectivity index (χ1n) is 6.59. The Hall–Kier alpha value is -1.97. The largest absolute Gasteiger partial charge is 0.320 e. The Labute approximate surface area is 112 Å². The summed E-state index contributed by atoms with van der Waals surface area (Å²) in [6, 6.07) is 8.32. The smallest absolute Gasteiger partial charge is 0.187 e. The fourth-order valence-corrected chi connectivity index (χ4v) is 2.70. The van der Waals surface area contributed by atoms with Crippen molar-refractivity contribution in [1.82, 2.24) is 9.97 Å². The van der Waals surface area contributed by atoms with Crippen molar-refractivity contribution in [3.05, 3.63) is 47.7 Å². The molecule has 2 heterocycles. The topological polar surface area (TPSA) is 29.0 Å². The third kappa shape index (κ3) is 1.87. The number of para-hydroxylation sites is 1. The lowest BCUT2D eigenvalue weighted by Gasteiger charge is -2.24. The van der Waals surface area contributed by atoms with Crippen LogP contribution in [0.4, 0.5) is 15.9 Å². The summed E-state index contributed by atoms with van der Waals surface area (Å²) in [4.78, 5) is 10.1. The van der Waals surface area contributed by atoms with E-state index >= 15 is 0 Å². The van der Waals surface area contributed by atoms with Crippen LogP contribution in [-0.2, 0) is 12.8 Å². The Morgan fingerprint density at radius 1 is 1.32 bits per heavy atom. The van der Waals surface area contributed by atoms with Crippen LogP contribution < -0.4 is 4.90 Å². The van der Waals surface area contributed by atoms with Gasteiger partial charge in [-0.1, -0.05) is 25.1 Å². The summed E-state index contributed by atoms with van der Waals surface area (Å²) in [5.74, 6) is 0.0952. The Bertz CT molecular complexity index is 612. The lowest BCUT2D eigenvalue weighted by Crippen LogP contribution is -2.26. The number of fused-ring (bicyclic) bond motifs is 1. The van der Waals surface area contributed by atoms with Crippen molar-refractivity contribution in [2.45, 2.75) is 32.7 Å². The van der Waals surface area contributed by atoms with Gasteiger partial charge in [-0.05, 0) is 31.4 Å². The van der Waals surface area contributed by atoms with Crippen LogP contribution in [-0.4, -0.2) is 16.0 Å². The average Bonchev–Trinajstić information content (AvgIpc) is 2.75. The maximum atomic E-state index is 14.4. The van der Waals surface area contributed by atoms with Crippen LogP contribution in [0.25, 0.3) is 0 Å². The quantitative estimate of drug-likeness (QED) is 0.827. The first-order chi connectivity index (χ1) is 9.22. The molecule has 1 aromatic heterocycles. The maximum absolute atomic E-state index is 14.4. The summed E-state index contributed by atoms with van der Waals surface area (Å²) in [7, 11) is 0. The van der Waals surface area contributed by atoms with Crippen LogP contribution in [0.3, 0.4) is 0 Å². The monoisotopic (exact) mass is 257 g/mol. The van der Waals surface area contributed by atoms with Crippen molar-refractivity contribution in [1.29, 1.82) is 0 Å². The van der Waals surface area contributed by atoms with Crippen LogP contribution in [0.2, 0.25) is 0 Å². The van der Waals surface area contributed by atoms with Crippen molar-refractivity contribution in [3.8, 4) is 0 Å². The molecule has 4 heteroatoms. The molecule has 1 aromatic carbocycles. The van der Waals surface area contributed by atoms with Crippen molar-refractivity contribution in [2.24, 2.45) is 0 Å². The molecule has 0 N–H and O–H groups in total. The predicted molar refractivity (Wildman–Crippen MR) is 73.1 cm³/mol. The van der Waals surface area contributed by atoms with Gasteiger partial charge in [-0.3, -0.25) is 0 Å². The highest BCUT2D eigenvalue weighted by Gasteiger charge is 2.30. The molecule has 1 aliphatic rings. The van der Waals surface area contributed by atoms with E-state index in [1.54, 1.807) is 0 Å². The van der Waals surface area contributed by atoms with Gasteiger partial charge in [0.25, 0.3) is 0 Å². The van der Waals surface area contributed by atoms with Gasteiger partial charge in [-0.2, -0.15) is 0 Å². The molecular formula is C15H16FN3. The summed E-state index contributed by atoms with van der Waals surface area (Å²) in [5.41, 5.74) is 2.77. The zero-order valence-electron chi connectivity index (χ0n) is 11.1. The predicted octanol–water partition coefficient (Wildman–Crippen LogP) is 3.26. The van der Waals surface area contributed by atoms with Crippen LogP contribution >= 0.6 is 0 Å². The van der Waals surface area contributed by atoms with Crippen molar-refractivity contribution in [3.63, 3.8) is 0 Å². The van der Waals surface area contributed by atoms with Crippen LogP contribution in [0.1, 0.15) is 25.1 Å². The van der Waals surface area contributed by atoms with Gasteiger partial charge in [0.05, 0.1) is 5.69 Å². The number of benzene rings is 1. The molecule has 98 valence electrons. The molecule has 0 saturated carbocycles. The van der Waals surface area contributed by atoms with Gasteiger partial charge in [0.2, 0.25) is 0 Å². The summed E-state index contributed by atoms with van der Waals surface area (Å²) in [6.07, 6.45) is 2.94. The zero-order chi connectivity index (χ0) is 13.4. The molecule has 3 rings (SSSR count). The Balaban J connectivity index is 2.12. The average molecular weight is 257 g/mol. The number of rotatable bonds is 2. The van der Waals surface area contributed by atoms with Crippen molar-refractivity contribution >= 4 is 11.5 Å². The molecule has 3 nitrogen and oxygen atoms in total. The molecule has 0 bridgehead atoms. The summed E-state index contributed by atoms with van der Waals surface area (Å²) in [6.45, 7) is 3.99. The molecule has 0 saturated heterocycles. The standard InChI is InChI=1S/C15H16FN3/c1-3-12-14(16)15(18-9-17-12)19-10(2)8-11-6-4-5-7-13(11)19/h4-7,9-10H,3,8H2,1-2H3. The third-order valence-corrected chi connectivity index (χ3v) is 3.61. The molecule has 1 atom stereocenters. The van der Waals surface area contributed by atoms with E-state index in [0.717, 1.165) is 12.1 Å². The Kier molecular flexibility index (Phi) is 2.93. The molecule has 0 radical (unpaired) electrons. The fraction of sp³-hybridized carbons (Fsp3) is 0.333. The molecule has 0 amide bonds. The van der Waals surface area contributed by atoms with Crippen LogP contribution in [0.5, 0.6) is 0 Å². The van der Waals surface area contributed by atoms with Gasteiger partial charge in [0.1, 0.15) is 6.33 Å². The number of hydrogen-bond donors (Lipinski definition) is 0. The molecule has 0 spiro atoms. The highest BCUT2D eigenvalue weighted by atomic mass is 19.1. The van der Waals surface area contributed by atoms with Gasteiger partial charge in [-0.15, -0.1) is 0 Å². The normalized spacial score (nSPS) is 17.6. The van der Waals surface area contributed by atoms with Gasteiger partial charge >= 0.3 is 0 Å². The minimum Gasteiger partial charge on any atom is -0.320 e. The molecule has 1 aliphatic heterocycles. The highest BCUT2D eigenvalue weighted by molar-refractivity contribution is 5.69. The van der Waals surface area contributed by atoms with Gasteiger partial charge in [0, 0.05) is 11.7 Å². The first-order valence-corrected chi connectivity index (χ1v) is 6.59. The van der Waals surface area contributed by atoms with E-state index < -0.39 is 0 Å². The molecule has 1 unspecified atom stereocenters. The van der Waals surface area contributed by atoms with Crippen LogP contribution in [0, 0.1) is 5.82 Å². The fourth-order valence-electron chi connectivity index (χ4n) is 2.70. The van der Waals surface area contributed by atoms with E-state index in [2.05, 4.69) is 23.0 Å². The van der Waals surface area contributed by atoms with Gasteiger partial charge in [0.15, 0.2) is 11.6 Å². The summed E-state index contributed by atoms with van der Waals surface area (Å²) >= 11 is 0. The number of aryl methyl sites for hydroxylation is 1. The van der Waals surface area contributed by atoms with E-state index in [0.29, 0.717) is 17.9 Å². The highest BCUT2D eigenvalue weighted by Crippen LogP contribution is 2.38. The van der Waals surface area contributed by atoms with Crippen LogP contribution in [0.15, 0.2) is 30.6 Å². The number of hydrogen-bond acceptors (Lipinski definition) is 3. The van der Waals surface area contributed by atoms with Crippen molar-refractivity contribution in [2.75, 3.05) is 4.90 Å².